The molecule has 0 N–H and O–H groups in total. The number of aromatic nitrogens is 2. The van der Waals surface area contributed by atoms with Crippen molar-refractivity contribution in [3.8, 4) is 6.01 Å². The zero-order valence-electron chi connectivity index (χ0n) is 14.9. The van der Waals surface area contributed by atoms with E-state index in [2.05, 4.69) is 9.97 Å². The van der Waals surface area contributed by atoms with Crippen LogP contribution in [0.3, 0.4) is 0 Å². The minimum absolute atomic E-state index is 0.128. The molecule has 0 spiro atoms. The van der Waals surface area contributed by atoms with Gasteiger partial charge >= 0.3 is 12.2 Å². The number of nitrogens with zero attached hydrogens (tertiary/aromatic N) is 3. The van der Waals surface area contributed by atoms with Gasteiger partial charge in [0.25, 0.3) is 0 Å². The van der Waals surface area contributed by atoms with Crippen LogP contribution >= 0.6 is 0 Å². The highest BCUT2D eigenvalue weighted by molar-refractivity contribution is 7.88. The zero-order chi connectivity index (χ0) is 21.2. The Balaban J connectivity index is 1.71. The number of hydrogen-bond donors (Lipinski definition) is 0. The van der Waals surface area contributed by atoms with Gasteiger partial charge in [0.1, 0.15) is 17.7 Å². The van der Waals surface area contributed by atoms with E-state index in [1.54, 1.807) is 0 Å². The number of rotatable bonds is 5. The van der Waals surface area contributed by atoms with Crippen molar-refractivity contribution in [2.75, 3.05) is 13.1 Å². The monoisotopic (exact) mass is 437 g/mol. The molecule has 0 saturated carbocycles. The molecule has 158 valence electrons. The quantitative estimate of drug-likeness (QED) is 0.672. The minimum Gasteiger partial charge on any atom is -0.459 e. The average molecular weight is 437 g/mol. The molecule has 1 fully saturated rings. The normalized spacial score (nSPS) is 18.6. The SMILES string of the molecule is O=S(=O)(Cc1cc(F)ccc1F)N1CCCC(Oc2nccc(C(F)(F)F)n2)C1. The molecule has 1 atom stereocenters. The molecule has 29 heavy (non-hydrogen) atoms. The van der Waals surface area contributed by atoms with Crippen molar-refractivity contribution in [3.63, 3.8) is 0 Å². The second kappa shape index (κ2) is 8.19. The number of alkyl halides is 3. The van der Waals surface area contributed by atoms with Gasteiger partial charge in [0.15, 0.2) is 5.69 Å². The van der Waals surface area contributed by atoms with E-state index in [4.69, 9.17) is 4.74 Å². The van der Waals surface area contributed by atoms with E-state index >= 15 is 0 Å². The van der Waals surface area contributed by atoms with Crippen LogP contribution in [0.1, 0.15) is 24.1 Å². The van der Waals surface area contributed by atoms with Crippen molar-refractivity contribution >= 4 is 10.0 Å². The highest BCUT2D eigenvalue weighted by Gasteiger charge is 2.34. The van der Waals surface area contributed by atoms with Crippen molar-refractivity contribution in [2.24, 2.45) is 0 Å². The average Bonchev–Trinajstić information content (AvgIpc) is 2.64. The van der Waals surface area contributed by atoms with Gasteiger partial charge in [-0.3, -0.25) is 0 Å². The maximum atomic E-state index is 13.8. The Labute approximate surface area is 163 Å². The van der Waals surface area contributed by atoms with Crippen LogP contribution in [0.4, 0.5) is 22.0 Å². The van der Waals surface area contributed by atoms with Crippen LogP contribution in [-0.4, -0.2) is 41.9 Å². The molecule has 1 aromatic carbocycles. The van der Waals surface area contributed by atoms with E-state index in [0.29, 0.717) is 18.9 Å². The molecule has 6 nitrogen and oxygen atoms in total. The highest BCUT2D eigenvalue weighted by atomic mass is 32.2. The molecule has 1 saturated heterocycles. The minimum atomic E-state index is -4.67. The molecule has 0 amide bonds. The lowest BCUT2D eigenvalue weighted by atomic mass is 10.1. The zero-order valence-corrected chi connectivity index (χ0v) is 15.7. The van der Waals surface area contributed by atoms with E-state index in [1.165, 1.54) is 0 Å². The van der Waals surface area contributed by atoms with Crippen LogP contribution in [-0.2, 0) is 22.0 Å². The smallest absolute Gasteiger partial charge is 0.433 e. The number of ether oxygens (including phenoxy) is 1. The molecular formula is C17H16F5N3O3S. The van der Waals surface area contributed by atoms with Gasteiger partial charge in [0, 0.05) is 18.3 Å². The summed E-state index contributed by atoms with van der Waals surface area (Å²) < 4.78 is 96.9. The summed E-state index contributed by atoms with van der Waals surface area (Å²) in [5.41, 5.74) is -1.49. The van der Waals surface area contributed by atoms with E-state index < -0.39 is 51.4 Å². The highest BCUT2D eigenvalue weighted by Crippen LogP contribution is 2.28. The maximum Gasteiger partial charge on any atom is 0.433 e. The summed E-state index contributed by atoms with van der Waals surface area (Å²) in [4.78, 5) is 6.93. The summed E-state index contributed by atoms with van der Waals surface area (Å²) in [6.07, 6.45) is -3.80. The molecule has 2 heterocycles. The number of piperidine rings is 1. The predicted molar refractivity (Wildman–Crippen MR) is 91.2 cm³/mol. The Morgan fingerprint density at radius 1 is 1.21 bits per heavy atom. The molecule has 1 aliphatic heterocycles. The molecule has 1 aromatic heterocycles. The van der Waals surface area contributed by atoms with Gasteiger partial charge in [-0.1, -0.05) is 0 Å². The lowest BCUT2D eigenvalue weighted by Gasteiger charge is -2.31. The van der Waals surface area contributed by atoms with Crippen LogP contribution < -0.4 is 4.74 Å². The summed E-state index contributed by atoms with van der Waals surface area (Å²) in [7, 11) is -4.01. The standard InChI is InChI=1S/C17H16F5N3O3S/c18-12-3-4-14(19)11(8-12)10-29(26,27)25-7-1-2-13(9-25)28-16-23-6-5-15(24-16)17(20,21)22/h3-6,8,13H,1-2,7,9-10H2. The molecule has 1 aliphatic rings. The van der Waals surface area contributed by atoms with Gasteiger partial charge in [0.2, 0.25) is 10.0 Å². The molecule has 0 aliphatic carbocycles. The Kier molecular flexibility index (Phi) is 6.03. The van der Waals surface area contributed by atoms with Crippen molar-refractivity contribution in [3.05, 3.63) is 53.4 Å². The Hall–Kier alpha value is -2.34. The van der Waals surface area contributed by atoms with E-state index in [1.807, 2.05) is 0 Å². The first-order chi connectivity index (χ1) is 13.5. The Bertz CT molecular complexity index is 985. The van der Waals surface area contributed by atoms with Crippen LogP contribution in [0, 0.1) is 11.6 Å². The Morgan fingerprint density at radius 2 is 1.97 bits per heavy atom. The van der Waals surface area contributed by atoms with Crippen LogP contribution in [0.2, 0.25) is 0 Å². The third kappa shape index (κ3) is 5.38. The fourth-order valence-corrected chi connectivity index (χ4v) is 4.50. The second-order valence-electron chi connectivity index (χ2n) is 6.45. The largest absolute Gasteiger partial charge is 0.459 e. The van der Waals surface area contributed by atoms with E-state index in [0.717, 1.165) is 28.7 Å². The molecule has 3 rings (SSSR count). The summed E-state index contributed by atoms with van der Waals surface area (Å²) in [6, 6.07) is 2.71. The summed E-state index contributed by atoms with van der Waals surface area (Å²) in [5, 5.41) is 0. The molecule has 1 unspecified atom stereocenters. The van der Waals surface area contributed by atoms with Crippen LogP contribution in [0.25, 0.3) is 0 Å². The first kappa shape index (κ1) is 21.4. The van der Waals surface area contributed by atoms with Crippen molar-refractivity contribution in [1.82, 2.24) is 14.3 Å². The van der Waals surface area contributed by atoms with Gasteiger partial charge in [-0.2, -0.15) is 22.5 Å². The van der Waals surface area contributed by atoms with Gasteiger partial charge in [-0.25, -0.2) is 22.2 Å². The molecular weight excluding hydrogens is 421 g/mol. The second-order valence-corrected chi connectivity index (χ2v) is 8.42. The van der Waals surface area contributed by atoms with Gasteiger partial charge in [0.05, 0.1) is 12.3 Å². The summed E-state index contributed by atoms with van der Waals surface area (Å²) >= 11 is 0. The molecule has 12 heteroatoms. The lowest BCUT2D eigenvalue weighted by molar-refractivity contribution is -0.141. The molecule has 2 aromatic rings. The third-order valence-corrected chi connectivity index (χ3v) is 6.07. The topological polar surface area (TPSA) is 72.4 Å². The molecule has 0 radical (unpaired) electrons. The number of benzene rings is 1. The fourth-order valence-electron chi connectivity index (χ4n) is 2.90. The number of halogens is 5. The van der Waals surface area contributed by atoms with Crippen molar-refractivity contribution in [2.45, 2.75) is 30.9 Å². The summed E-state index contributed by atoms with van der Waals surface area (Å²) in [5.74, 6) is -2.36. The summed E-state index contributed by atoms with van der Waals surface area (Å²) in [6.45, 7) is -0.0402. The van der Waals surface area contributed by atoms with E-state index in [9.17, 15) is 30.4 Å². The van der Waals surface area contributed by atoms with Crippen molar-refractivity contribution in [1.29, 1.82) is 0 Å². The Morgan fingerprint density at radius 3 is 2.69 bits per heavy atom. The van der Waals surface area contributed by atoms with Crippen LogP contribution in [0.15, 0.2) is 30.5 Å². The van der Waals surface area contributed by atoms with E-state index in [-0.39, 0.29) is 18.7 Å². The molecule has 0 bridgehead atoms. The number of hydrogen-bond acceptors (Lipinski definition) is 5. The lowest BCUT2D eigenvalue weighted by Crippen LogP contribution is -2.45. The van der Waals surface area contributed by atoms with Gasteiger partial charge in [-0.15, -0.1) is 0 Å². The van der Waals surface area contributed by atoms with Crippen LogP contribution in [0.5, 0.6) is 6.01 Å². The van der Waals surface area contributed by atoms with Crippen molar-refractivity contribution < 1.29 is 35.1 Å². The fraction of sp³-hybridized carbons (Fsp3) is 0.412. The van der Waals surface area contributed by atoms with Gasteiger partial charge in [-0.05, 0) is 37.1 Å². The first-order valence-corrected chi connectivity index (χ1v) is 10.1. The predicted octanol–water partition coefficient (Wildman–Crippen LogP) is 3.15. The number of sulfonamides is 1. The maximum absolute atomic E-state index is 13.8. The first-order valence-electron chi connectivity index (χ1n) is 8.53. The van der Waals surface area contributed by atoms with Gasteiger partial charge < -0.3 is 4.74 Å². The third-order valence-electron chi connectivity index (χ3n) is 4.28.